The number of rotatable bonds is 5. The number of ether oxygens (including phenoxy) is 1. The van der Waals surface area contributed by atoms with Gasteiger partial charge in [-0.05, 0) is 82.7 Å². The van der Waals surface area contributed by atoms with E-state index in [1.54, 1.807) is 36.4 Å². The standard InChI is InChI=1S/C31H18F4N6O2/c32-23-8-11-25-26(14-23)30(42,18-41-29(25)38-39-40-41)31(34,35)28-12-6-20(16-37-28)2-1-19-4-9-24(10-5-19)43-17-21-3-7-22(15-36)27(33)13-21/h3-14,16,42H,17-18H2. The molecule has 3 aromatic carbocycles. The maximum Gasteiger partial charge on any atom is 0.323 e. The highest BCUT2D eigenvalue weighted by molar-refractivity contribution is 5.64. The zero-order chi connectivity index (χ0) is 30.2. The van der Waals surface area contributed by atoms with Crippen LogP contribution >= 0.6 is 0 Å². The van der Waals surface area contributed by atoms with Crippen LogP contribution in [0.15, 0.2) is 79.0 Å². The molecule has 212 valence electrons. The van der Waals surface area contributed by atoms with E-state index in [2.05, 4.69) is 32.4 Å². The highest BCUT2D eigenvalue weighted by Gasteiger charge is 2.59. The number of nitrogens with zero attached hydrogens (tertiary/aromatic N) is 6. The van der Waals surface area contributed by atoms with Gasteiger partial charge in [-0.25, -0.2) is 13.5 Å². The topological polar surface area (TPSA) is 110 Å². The van der Waals surface area contributed by atoms with Gasteiger partial charge in [0.2, 0.25) is 0 Å². The molecule has 0 radical (unpaired) electrons. The Balaban J connectivity index is 1.17. The maximum atomic E-state index is 15.9. The van der Waals surface area contributed by atoms with Crippen molar-refractivity contribution in [3.63, 3.8) is 0 Å². The van der Waals surface area contributed by atoms with Crippen LogP contribution in [-0.2, 0) is 24.7 Å². The van der Waals surface area contributed by atoms with Crippen molar-refractivity contribution in [2.75, 3.05) is 0 Å². The van der Waals surface area contributed by atoms with Crippen molar-refractivity contribution in [3.05, 3.63) is 124 Å². The second kappa shape index (κ2) is 10.7. The van der Waals surface area contributed by atoms with Crippen LogP contribution in [0.1, 0.15) is 33.5 Å². The molecule has 0 fully saturated rings. The SMILES string of the molecule is N#Cc1ccc(COc2ccc(C#Cc3ccc(C(F)(F)C4(O)Cn5nnnc5-c5ccc(F)cc54)nc3)cc2)cc1F. The summed E-state index contributed by atoms with van der Waals surface area (Å²) >= 11 is 0. The number of benzene rings is 3. The third kappa shape index (κ3) is 5.05. The highest BCUT2D eigenvalue weighted by Crippen LogP contribution is 2.50. The second-order valence-corrected chi connectivity index (χ2v) is 9.71. The summed E-state index contributed by atoms with van der Waals surface area (Å²) in [4.78, 5) is 3.87. The minimum atomic E-state index is -3.95. The van der Waals surface area contributed by atoms with E-state index in [1.165, 1.54) is 24.3 Å². The van der Waals surface area contributed by atoms with Crippen molar-refractivity contribution in [1.29, 1.82) is 5.26 Å². The van der Waals surface area contributed by atoms with E-state index in [0.717, 1.165) is 29.1 Å². The predicted molar refractivity (Wildman–Crippen MR) is 143 cm³/mol. The summed E-state index contributed by atoms with van der Waals surface area (Å²) in [5.41, 5.74) is -2.41. The summed E-state index contributed by atoms with van der Waals surface area (Å²) in [5.74, 6) is 1.04. The molecule has 1 aliphatic heterocycles. The van der Waals surface area contributed by atoms with Gasteiger partial charge in [0.05, 0.1) is 12.1 Å². The lowest BCUT2D eigenvalue weighted by atomic mass is 9.80. The molecule has 3 heterocycles. The Bertz CT molecular complexity index is 1940. The molecule has 8 nitrogen and oxygen atoms in total. The Hall–Kier alpha value is -5.59. The van der Waals surface area contributed by atoms with Crippen LogP contribution in [0, 0.1) is 34.8 Å². The van der Waals surface area contributed by atoms with Crippen molar-refractivity contribution in [2.24, 2.45) is 0 Å². The molecule has 0 saturated carbocycles. The van der Waals surface area contributed by atoms with Gasteiger partial charge in [-0.1, -0.05) is 17.9 Å². The maximum absolute atomic E-state index is 15.9. The molecule has 2 aromatic heterocycles. The molecule has 1 unspecified atom stereocenters. The first-order valence-corrected chi connectivity index (χ1v) is 12.7. The van der Waals surface area contributed by atoms with Crippen LogP contribution in [0.4, 0.5) is 17.6 Å². The van der Waals surface area contributed by atoms with Crippen molar-refractivity contribution in [2.45, 2.75) is 24.7 Å². The lowest BCUT2D eigenvalue weighted by molar-refractivity contribution is -0.207. The molecule has 5 aromatic rings. The van der Waals surface area contributed by atoms with Gasteiger partial charge in [-0.15, -0.1) is 5.10 Å². The van der Waals surface area contributed by atoms with Gasteiger partial charge in [0.1, 0.15) is 35.8 Å². The molecule has 0 saturated heterocycles. The summed E-state index contributed by atoms with van der Waals surface area (Å²) in [5, 5.41) is 31.1. The number of pyridine rings is 1. The number of alkyl halides is 2. The van der Waals surface area contributed by atoms with Crippen LogP contribution in [0.3, 0.4) is 0 Å². The van der Waals surface area contributed by atoms with Crippen LogP contribution in [-0.4, -0.2) is 30.3 Å². The molecule has 1 aliphatic rings. The van der Waals surface area contributed by atoms with Gasteiger partial charge >= 0.3 is 5.92 Å². The Morgan fingerprint density at radius 3 is 2.47 bits per heavy atom. The van der Waals surface area contributed by atoms with Gasteiger partial charge in [0, 0.05) is 28.5 Å². The quantitative estimate of drug-likeness (QED) is 0.233. The minimum absolute atomic E-state index is 0.0433. The zero-order valence-corrected chi connectivity index (χ0v) is 22.0. The molecule has 1 atom stereocenters. The monoisotopic (exact) mass is 582 g/mol. The van der Waals surface area contributed by atoms with E-state index < -0.39 is 35.4 Å². The smallest absolute Gasteiger partial charge is 0.323 e. The number of halogens is 4. The first kappa shape index (κ1) is 27.6. The number of aliphatic hydroxyl groups is 1. The van der Waals surface area contributed by atoms with E-state index in [1.807, 2.05) is 0 Å². The van der Waals surface area contributed by atoms with E-state index in [4.69, 9.17) is 10.00 Å². The molecule has 0 aliphatic carbocycles. The number of tetrazole rings is 1. The summed E-state index contributed by atoms with van der Waals surface area (Å²) in [6, 6.07) is 18.3. The van der Waals surface area contributed by atoms with E-state index in [-0.39, 0.29) is 29.1 Å². The molecule has 0 amide bonds. The summed E-state index contributed by atoms with van der Waals surface area (Å²) in [7, 11) is 0. The van der Waals surface area contributed by atoms with E-state index >= 15 is 8.78 Å². The number of hydrogen-bond acceptors (Lipinski definition) is 7. The normalized spacial score (nSPS) is 15.4. The molecular weight excluding hydrogens is 564 g/mol. The fraction of sp³-hybridized carbons (Fsp3) is 0.129. The lowest BCUT2D eigenvalue weighted by Crippen LogP contribution is -2.49. The van der Waals surface area contributed by atoms with Gasteiger partial charge in [0.15, 0.2) is 11.4 Å². The Labute approximate surface area is 241 Å². The van der Waals surface area contributed by atoms with Crippen molar-refractivity contribution in [1.82, 2.24) is 25.2 Å². The fourth-order valence-corrected chi connectivity index (χ4v) is 4.68. The van der Waals surface area contributed by atoms with Crippen molar-refractivity contribution in [3.8, 4) is 35.0 Å². The fourth-order valence-electron chi connectivity index (χ4n) is 4.68. The van der Waals surface area contributed by atoms with Crippen LogP contribution in [0.5, 0.6) is 5.75 Å². The average Bonchev–Trinajstić information content (AvgIpc) is 3.48. The van der Waals surface area contributed by atoms with Crippen LogP contribution < -0.4 is 4.74 Å². The third-order valence-electron chi connectivity index (χ3n) is 6.95. The average molecular weight is 583 g/mol. The Morgan fingerprint density at radius 2 is 1.74 bits per heavy atom. The number of aromatic nitrogens is 5. The van der Waals surface area contributed by atoms with Gasteiger partial charge in [-0.3, -0.25) is 4.98 Å². The third-order valence-corrected chi connectivity index (χ3v) is 6.95. The molecule has 1 N–H and O–H groups in total. The lowest BCUT2D eigenvalue weighted by Gasteiger charge is -2.39. The van der Waals surface area contributed by atoms with E-state index in [0.29, 0.717) is 22.4 Å². The first-order valence-electron chi connectivity index (χ1n) is 12.7. The van der Waals surface area contributed by atoms with Crippen molar-refractivity contribution >= 4 is 0 Å². The highest BCUT2D eigenvalue weighted by atomic mass is 19.3. The van der Waals surface area contributed by atoms with Gasteiger partial charge < -0.3 is 9.84 Å². The number of nitriles is 1. The van der Waals surface area contributed by atoms with Crippen LogP contribution in [0.2, 0.25) is 0 Å². The van der Waals surface area contributed by atoms with Crippen LogP contribution in [0.25, 0.3) is 11.4 Å². The summed E-state index contributed by atoms with van der Waals surface area (Å²) in [6.07, 6.45) is 1.16. The zero-order valence-electron chi connectivity index (χ0n) is 22.0. The minimum Gasteiger partial charge on any atom is -0.489 e. The number of fused-ring (bicyclic) bond motifs is 3. The molecule has 12 heteroatoms. The molecular formula is C31H18F4N6O2. The first-order chi connectivity index (χ1) is 20.7. The molecule has 43 heavy (non-hydrogen) atoms. The largest absolute Gasteiger partial charge is 0.489 e. The van der Waals surface area contributed by atoms with Crippen molar-refractivity contribution < 1.29 is 27.4 Å². The second-order valence-electron chi connectivity index (χ2n) is 9.71. The molecule has 0 bridgehead atoms. The number of hydrogen-bond donors (Lipinski definition) is 1. The Morgan fingerprint density at radius 1 is 0.977 bits per heavy atom. The van der Waals surface area contributed by atoms with Gasteiger partial charge in [-0.2, -0.15) is 14.0 Å². The van der Waals surface area contributed by atoms with Gasteiger partial charge in [0.25, 0.3) is 0 Å². The molecule has 0 spiro atoms. The summed E-state index contributed by atoms with van der Waals surface area (Å²) < 4.78 is 66.3. The van der Waals surface area contributed by atoms with E-state index in [9.17, 15) is 13.9 Å². The Kier molecular flexibility index (Phi) is 6.84. The molecule has 6 rings (SSSR count). The predicted octanol–water partition coefficient (Wildman–Crippen LogP) is 4.86. The summed E-state index contributed by atoms with van der Waals surface area (Å²) in [6.45, 7) is -0.616.